The van der Waals surface area contributed by atoms with Crippen molar-refractivity contribution >= 4 is 44.1 Å². The molecule has 2 aromatic carbocycles. The van der Waals surface area contributed by atoms with Crippen LogP contribution in [0.15, 0.2) is 68.4 Å². The molecule has 36 heavy (non-hydrogen) atoms. The maximum atomic E-state index is 12.3. The van der Waals surface area contributed by atoms with Gasteiger partial charge in [0.1, 0.15) is 0 Å². The van der Waals surface area contributed by atoms with Gasteiger partial charge in [0.25, 0.3) is 0 Å². The van der Waals surface area contributed by atoms with Crippen LogP contribution in [0, 0.1) is 0 Å². The first-order valence-electron chi connectivity index (χ1n) is 12.3. The van der Waals surface area contributed by atoms with Crippen molar-refractivity contribution in [1.29, 1.82) is 0 Å². The van der Waals surface area contributed by atoms with Crippen molar-refractivity contribution in [2.75, 3.05) is 19.7 Å². The summed E-state index contributed by atoms with van der Waals surface area (Å²) < 4.78 is 2.67. The Labute approximate surface area is 220 Å². The summed E-state index contributed by atoms with van der Waals surface area (Å²) in [4.78, 5) is 19.8. The quantitative estimate of drug-likeness (QED) is 0.139. The smallest absolute Gasteiger partial charge is 0.304 e. The van der Waals surface area contributed by atoms with E-state index in [1.165, 1.54) is 0 Å². The normalized spacial score (nSPS) is 12.2. The molecule has 0 atom stereocenters. The van der Waals surface area contributed by atoms with Crippen molar-refractivity contribution in [3.05, 3.63) is 58.6 Å². The van der Waals surface area contributed by atoms with Gasteiger partial charge >= 0.3 is 5.91 Å². The van der Waals surface area contributed by atoms with Crippen LogP contribution in [0.4, 0.5) is 5.69 Å². The van der Waals surface area contributed by atoms with Crippen LogP contribution in [0.2, 0.25) is 0 Å². The van der Waals surface area contributed by atoms with E-state index in [9.17, 15) is 9.90 Å². The van der Waals surface area contributed by atoms with Gasteiger partial charge in [-0.05, 0) is 56.6 Å². The zero-order chi connectivity index (χ0) is 25.9. The molecular formula is C27H34BrN5O3. The topological polar surface area (TPSA) is 91.8 Å². The van der Waals surface area contributed by atoms with Crippen molar-refractivity contribution in [2.45, 2.75) is 53.1 Å². The standard InChI is InChI=1S/C27H34BrN5O3/c1-4-6-15-32(16-7-5-2)19-33-24-14-13-22(28)17-23(24)26(27(33)35)30-29-25(34)18-36-31-20(3)21-11-9-8-10-12-21/h8-14,17,35H,4-7,15-16,18-19H2,1-3H3/b30-29?,31-20+. The highest BCUT2D eigenvalue weighted by atomic mass is 79.9. The maximum absolute atomic E-state index is 12.3. The number of oxime groups is 1. The number of amides is 1. The predicted molar refractivity (Wildman–Crippen MR) is 147 cm³/mol. The Morgan fingerprint density at radius 1 is 1.08 bits per heavy atom. The molecule has 9 heteroatoms. The molecule has 0 aliphatic carbocycles. The monoisotopic (exact) mass is 555 g/mol. The Morgan fingerprint density at radius 3 is 2.44 bits per heavy atom. The van der Waals surface area contributed by atoms with Gasteiger partial charge in [0.15, 0.2) is 12.3 Å². The first-order valence-corrected chi connectivity index (χ1v) is 13.1. The van der Waals surface area contributed by atoms with E-state index in [4.69, 9.17) is 4.84 Å². The Morgan fingerprint density at radius 2 is 1.78 bits per heavy atom. The lowest BCUT2D eigenvalue weighted by atomic mass is 10.1. The van der Waals surface area contributed by atoms with Gasteiger partial charge in [0.2, 0.25) is 5.88 Å². The highest BCUT2D eigenvalue weighted by molar-refractivity contribution is 9.10. The predicted octanol–water partition coefficient (Wildman–Crippen LogP) is 7.02. The zero-order valence-corrected chi connectivity index (χ0v) is 22.7. The average molecular weight is 557 g/mol. The Bertz CT molecular complexity index is 1200. The molecule has 0 spiro atoms. The molecule has 192 valence electrons. The molecular weight excluding hydrogens is 522 g/mol. The van der Waals surface area contributed by atoms with E-state index in [2.05, 4.69) is 50.1 Å². The van der Waals surface area contributed by atoms with Gasteiger partial charge in [-0.25, -0.2) is 0 Å². The van der Waals surface area contributed by atoms with Crippen molar-refractivity contribution in [2.24, 2.45) is 15.4 Å². The second-order valence-corrected chi connectivity index (χ2v) is 9.55. The van der Waals surface area contributed by atoms with Crippen molar-refractivity contribution in [1.82, 2.24) is 9.47 Å². The molecule has 1 amide bonds. The summed E-state index contributed by atoms with van der Waals surface area (Å²) in [5, 5.41) is 23.7. The van der Waals surface area contributed by atoms with Gasteiger partial charge in [-0.3, -0.25) is 14.3 Å². The van der Waals surface area contributed by atoms with Gasteiger partial charge in [0, 0.05) is 9.86 Å². The van der Waals surface area contributed by atoms with E-state index in [0.29, 0.717) is 17.8 Å². The summed E-state index contributed by atoms with van der Waals surface area (Å²) in [5.41, 5.74) is 2.65. The fourth-order valence-electron chi connectivity index (χ4n) is 3.81. The summed E-state index contributed by atoms with van der Waals surface area (Å²) >= 11 is 3.49. The van der Waals surface area contributed by atoms with Crippen LogP contribution in [0.5, 0.6) is 5.88 Å². The fraction of sp³-hybridized carbons (Fsp3) is 0.407. The number of carbonyl (C=O) groups is 1. The third-order valence-electron chi connectivity index (χ3n) is 5.81. The molecule has 0 unspecified atom stereocenters. The van der Waals surface area contributed by atoms with E-state index >= 15 is 0 Å². The van der Waals surface area contributed by atoms with Crippen molar-refractivity contribution in [3.63, 3.8) is 0 Å². The molecule has 0 saturated carbocycles. The number of hydrogen-bond donors (Lipinski definition) is 1. The number of halogens is 1. The molecule has 0 aliphatic heterocycles. The molecule has 1 N–H and O–H groups in total. The second-order valence-electron chi connectivity index (χ2n) is 8.64. The average Bonchev–Trinajstić information content (AvgIpc) is 3.14. The number of hydrogen-bond acceptors (Lipinski definition) is 6. The maximum Gasteiger partial charge on any atom is 0.304 e. The van der Waals surface area contributed by atoms with Crippen molar-refractivity contribution < 1.29 is 14.7 Å². The number of unbranched alkanes of at least 4 members (excludes halogenated alkanes) is 2. The summed E-state index contributed by atoms with van der Waals surface area (Å²) in [6, 6.07) is 15.3. The second kappa shape index (κ2) is 13.9. The Kier molecular flexibility index (Phi) is 10.6. The Balaban J connectivity index is 1.78. The number of fused-ring (bicyclic) bond motifs is 1. The lowest BCUT2D eigenvalue weighted by molar-refractivity contribution is -0.122. The molecule has 0 aliphatic rings. The number of aromatic hydroxyl groups is 1. The fourth-order valence-corrected chi connectivity index (χ4v) is 4.17. The minimum Gasteiger partial charge on any atom is -0.493 e. The van der Waals surface area contributed by atoms with Crippen LogP contribution in [-0.4, -0.2) is 45.9 Å². The minimum atomic E-state index is -0.595. The minimum absolute atomic E-state index is 0.0171. The number of rotatable bonds is 13. The number of aromatic nitrogens is 1. The largest absolute Gasteiger partial charge is 0.493 e. The van der Waals surface area contributed by atoms with Crippen LogP contribution in [0.25, 0.3) is 10.9 Å². The third-order valence-corrected chi connectivity index (χ3v) is 6.31. The van der Waals surface area contributed by atoms with Crippen LogP contribution < -0.4 is 0 Å². The van der Waals surface area contributed by atoms with Gasteiger partial charge < -0.3 is 9.94 Å². The molecule has 3 rings (SSSR count). The summed E-state index contributed by atoms with van der Waals surface area (Å²) in [6.45, 7) is 8.22. The lowest BCUT2D eigenvalue weighted by Gasteiger charge is -2.23. The van der Waals surface area contributed by atoms with E-state index in [1.54, 1.807) is 6.92 Å². The SMILES string of the molecule is CCCCN(CCCC)Cn1c(O)c(N=NC(=O)CO/N=C(\C)c2ccccc2)c2cc(Br)ccc21. The van der Waals surface area contributed by atoms with Gasteiger partial charge in [-0.2, -0.15) is 0 Å². The molecule has 0 saturated heterocycles. The zero-order valence-electron chi connectivity index (χ0n) is 21.2. The van der Waals surface area contributed by atoms with Crippen LogP contribution in [0.1, 0.15) is 52.0 Å². The van der Waals surface area contributed by atoms with E-state index in [1.807, 2.05) is 53.1 Å². The number of benzene rings is 2. The summed E-state index contributed by atoms with van der Waals surface area (Å²) in [5.74, 6) is -0.612. The third kappa shape index (κ3) is 7.48. The molecule has 0 fully saturated rings. The van der Waals surface area contributed by atoms with Gasteiger partial charge in [-0.1, -0.05) is 78.1 Å². The van der Waals surface area contributed by atoms with Crippen LogP contribution in [0.3, 0.4) is 0 Å². The van der Waals surface area contributed by atoms with Gasteiger partial charge in [0.05, 0.1) is 17.9 Å². The first kappa shape index (κ1) is 27.5. The van der Waals surface area contributed by atoms with Crippen LogP contribution in [-0.2, 0) is 16.3 Å². The van der Waals surface area contributed by atoms with E-state index < -0.39 is 5.91 Å². The first-order chi connectivity index (χ1) is 17.4. The van der Waals surface area contributed by atoms with Crippen molar-refractivity contribution in [3.8, 4) is 5.88 Å². The van der Waals surface area contributed by atoms with E-state index in [-0.39, 0.29) is 18.2 Å². The molecule has 0 radical (unpaired) electrons. The highest BCUT2D eigenvalue weighted by Crippen LogP contribution is 2.40. The molecule has 1 aromatic heterocycles. The summed E-state index contributed by atoms with van der Waals surface area (Å²) in [6.07, 6.45) is 4.38. The number of azo groups is 1. The Hall–Kier alpha value is -3.04. The molecule has 3 aromatic rings. The summed E-state index contributed by atoms with van der Waals surface area (Å²) in [7, 11) is 0. The molecule has 8 nitrogen and oxygen atoms in total. The lowest BCUT2D eigenvalue weighted by Crippen LogP contribution is -2.28. The molecule has 1 heterocycles. The van der Waals surface area contributed by atoms with Crippen LogP contribution >= 0.6 is 15.9 Å². The van der Waals surface area contributed by atoms with Gasteiger partial charge in [-0.15, -0.1) is 10.2 Å². The highest BCUT2D eigenvalue weighted by Gasteiger charge is 2.19. The van der Waals surface area contributed by atoms with E-state index in [0.717, 1.165) is 54.3 Å². The molecule has 0 bridgehead atoms. The number of carbonyl (C=O) groups excluding carboxylic acids is 1. The number of nitrogens with zero attached hydrogens (tertiary/aromatic N) is 5.